The number of carbonyl (C=O) groups is 7. The fraction of sp³-hybridized carbons (Fsp3) is 0.435. The number of nitrogens with one attached hydrogen (secondary N) is 3. The van der Waals surface area contributed by atoms with E-state index in [0.717, 1.165) is 0 Å². The van der Waals surface area contributed by atoms with Gasteiger partial charge in [-0.1, -0.05) is 30.3 Å². The summed E-state index contributed by atoms with van der Waals surface area (Å²) in [6, 6.07) is 2.34. The van der Waals surface area contributed by atoms with Gasteiger partial charge in [-0.2, -0.15) is 0 Å². The van der Waals surface area contributed by atoms with Gasteiger partial charge < -0.3 is 42.7 Å². The van der Waals surface area contributed by atoms with Gasteiger partial charge in [0.15, 0.2) is 0 Å². The van der Waals surface area contributed by atoms with E-state index >= 15 is 0 Å². The Morgan fingerprint density at radius 1 is 0.711 bits per heavy atom. The number of carboxylic acids is 3. The number of carbonyl (C=O) groups excluding carboxylic acids is 4. The van der Waals surface area contributed by atoms with Gasteiger partial charge in [-0.25, -0.2) is 4.79 Å². The molecular formula is C23H31N5O10. The molecule has 10 N–H and O–H groups in total. The smallest absolute Gasteiger partial charge is 0.326 e. The van der Waals surface area contributed by atoms with Crippen molar-refractivity contribution in [1.29, 1.82) is 0 Å². The molecule has 0 aromatic heterocycles. The first-order valence-electron chi connectivity index (χ1n) is 11.5. The third-order valence-corrected chi connectivity index (χ3v) is 5.23. The average Bonchev–Trinajstić information content (AvgIpc) is 2.83. The Hall–Kier alpha value is -4.53. The summed E-state index contributed by atoms with van der Waals surface area (Å²) in [4.78, 5) is 82.8. The van der Waals surface area contributed by atoms with Gasteiger partial charge in [-0.3, -0.25) is 28.8 Å². The van der Waals surface area contributed by atoms with E-state index in [1.165, 1.54) is 0 Å². The van der Waals surface area contributed by atoms with Gasteiger partial charge in [0.25, 0.3) is 0 Å². The minimum atomic E-state index is -1.79. The first-order valence-corrected chi connectivity index (χ1v) is 11.5. The number of rotatable bonds is 17. The van der Waals surface area contributed by atoms with E-state index in [0.29, 0.717) is 5.56 Å². The van der Waals surface area contributed by atoms with Crippen LogP contribution in [0.1, 0.15) is 37.7 Å². The summed E-state index contributed by atoms with van der Waals surface area (Å²) in [5, 5.41) is 33.9. The quantitative estimate of drug-likeness (QED) is 0.105. The van der Waals surface area contributed by atoms with Gasteiger partial charge in [0.1, 0.15) is 18.1 Å². The van der Waals surface area contributed by atoms with E-state index in [2.05, 4.69) is 16.0 Å². The summed E-state index contributed by atoms with van der Waals surface area (Å²) in [6.45, 7) is 0. The molecule has 15 heteroatoms. The van der Waals surface area contributed by atoms with Crippen LogP contribution in [-0.4, -0.2) is 81.0 Å². The van der Waals surface area contributed by atoms with Crippen molar-refractivity contribution in [3.05, 3.63) is 35.9 Å². The van der Waals surface area contributed by atoms with Gasteiger partial charge in [-0.05, 0) is 18.4 Å². The van der Waals surface area contributed by atoms with E-state index in [1.54, 1.807) is 30.3 Å². The van der Waals surface area contributed by atoms with Crippen LogP contribution < -0.4 is 27.4 Å². The fourth-order valence-electron chi connectivity index (χ4n) is 3.22. The summed E-state index contributed by atoms with van der Waals surface area (Å²) < 4.78 is 0. The molecule has 0 bridgehead atoms. The van der Waals surface area contributed by atoms with E-state index in [4.69, 9.17) is 21.7 Å². The summed E-state index contributed by atoms with van der Waals surface area (Å²) in [5.74, 6) is -7.92. The molecule has 0 fully saturated rings. The third kappa shape index (κ3) is 11.9. The highest BCUT2D eigenvalue weighted by Gasteiger charge is 2.31. The highest BCUT2D eigenvalue weighted by atomic mass is 16.4. The van der Waals surface area contributed by atoms with Crippen molar-refractivity contribution in [2.45, 2.75) is 62.7 Å². The molecule has 0 saturated heterocycles. The maximum absolute atomic E-state index is 13.1. The van der Waals surface area contributed by atoms with Crippen molar-refractivity contribution in [2.75, 3.05) is 0 Å². The number of aliphatic carboxylic acids is 3. The Labute approximate surface area is 216 Å². The number of hydrogen-bond donors (Lipinski definition) is 8. The average molecular weight is 538 g/mol. The first kappa shape index (κ1) is 31.5. The number of amides is 4. The number of primary amides is 1. The van der Waals surface area contributed by atoms with Crippen LogP contribution in [0.5, 0.6) is 0 Å². The first-order chi connectivity index (χ1) is 17.8. The van der Waals surface area contributed by atoms with Gasteiger partial charge in [0.2, 0.25) is 23.6 Å². The molecule has 0 spiro atoms. The minimum Gasteiger partial charge on any atom is -0.481 e. The number of carboxylic acid groups (broad SMARTS) is 3. The van der Waals surface area contributed by atoms with Crippen LogP contribution in [0.3, 0.4) is 0 Å². The number of nitrogens with two attached hydrogens (primary N) is 2. The van der Waals surface area contributed by atoms with E-state index < -0.39 is 78.5 Å². The second-order valence-corrected chi connectivity index (χ2v) is 8.35. The number of hydrogen-bond acceptors (Lipinski definition) is 8. The second-order valence-electron chi connectivity index (χ2n) is 8.35. The van der Waals surface area contributed by atoms with Crippen LogP contribution in [0.4, 0.5) is 0 Å². The molecule has 0 saturated carbocycles. The molecule has 15 nitrogen and oxygen atoms in total. The standard InChI is InChI=1S/C23H31N5O10/c24-13(6-8-17(25)29)20(34)26-14(7-9-18(30)31)21(35)27-15(10-12-4-2-1-3-5-12)22(36)28-16(23(37)38)11-19(32)33/h1-5,13-16H,6-11,24H2,(H2,25,29)(H,26,34)(H,27,35)(H,28,36)(H,30,31)(H,32,33)(H,37,38). The molecule has 0 heterocycles. The van der Waals surface area contributed by atoms with E-state index in [-0.39, 0.29) is 25.7 Å². The zero-order valence-corrected chi connectivity index (χ0v) is 20.3. The van der Waals surface area contributed by atoms with Gasteiger partial charge >= 0.3 is 17.9 Å². The molecule has 0 aliphatic carbocycles. The van der Waals surface area contributed by atoms with Gasteiger partial charge in [-0.15, -0.1) is 0 Å². The highest BCUT2D eigenvalue weighted by Crippen LogP contribution is 2.07. The Bertz CT molecular complexity index is 1030. The Morgan fingerprint density at radius 2 is 1.26 bits per heavy atom. The summed E-state index contributed by atoms with van der Waals surface area (Å²) in [5.41, 5.74) is 11.3. The maximum Gasteiger partial charge on any atom is 0.326 e. The lowest BCUT2D eigenvalue weighted by atomic mass is 10.0. The molecule has 0 radical (unpaired) electrons. The summed E-state index contributed by atoms with van der Waals surface area (Å²) in [7, 11) is 0. The fourth-order valence-corrected chi connectivity index (χ4v) is 3.22. The minimum absolute atomic E-state index is 0.131. The Balaban J connectivity index is 3.13. The van der Waals surface area contributed by atoms with Crippen LogP contribution in [0.25, 0.3) is 0 Å². The van der Waals surface area contributed by atoms with Crippen LogP contribution in [0, 0.1) is 0 Å². The second kappa shape index (κ2) is 15.6. The van der Waals surface area contributed by atoms with Crippen LogP contribution in [0.2, 0.25) is 0 Å². The van der Waals surface area contributed by atoms with Gasteiger partial charge in [0.05, 0.1) is 12.5 Å². The molecule has 0 aliphatic rings. The van der Waals surface area contributed by atoms with Crippen molar-refractivity contribution in [3.63, 3.8) is 0 Å². The maximum atomic E-state index is 13.1. The normalized spacial score (nSPS) is 13.7. The predicted octanol–water partition coefficient (Wildman–Crippen LogP) is -2.30. The van der Waals surface area contributed by atoms with Crippen LogP contribution >= 0.6 is 0 Å². The Kier molecular flexibility index (Phi) is 12.9. The molecule has 208 valence electrons. The Morgan fingerprint density at radius 3 is 1.79 bits per heavy atom. The summed E-state index contributed by atoms with van der Waals surface area (Å²) >= 11 is 0. The summed E-state index contributed by atoms with van der Waals surface area (Å²) in [6.07, 6.45) is -2.33. The molecule has 38 heavy (non-hydrogen) atoms. The van der Waals surface area contributed by atoms with Gasteiger partial charge in [0, 0.05) is 19.3 Å². The van der Waals surface area contributed by atoms with Crippen molar-refractivity contribution < 1.29 is 48.9 Å². The third-order valence-electron chi connectivity index (χ3n) is 5.23. The molecule has 4 unspecified atom stereocenters. The van der Waals surface area contributed by atoms with Crippen molar-refractivity contribution in [1.82, 2.24) is 16.0 Å². The zero-order chi connectivity index (χ0) is 28.8. The lowest BCUT2D eigenvalue weighted by molar-refractivity contribution is -0.147. The largest absolute Gasteiger partial charge is 0.481 e. The molecular weight excluding hydrogens is 506 g/mol. The highest BCUT2D eigenvalue weighted by molar-refractivity contribution is 5.95. The lowest BCUT2D eigenvalue weighted by Gasteiger charge is -2.25. The van der Waals surface area contributed by atoms with Crippen molar-refractivity contribution >= 4 is 41.5 Å². The molecule has 1 aromatic carbocycles. The molecule has 4 atom stereocenters. The zero-order valence-electron chi connectivity index (χ0n) is 20.3. The van der Waals surface area contributed by atoms with Crippen LogP contribution in [0.15, 0.2) is 30.3 Å². The molecule has 1 rings (SSSR count). The SMILES string of the molecule is NC(=O)CCC(N)C(=O)NC(CCC(=O)O)C(=O)NC(Cc1ccccc1)C(=O)NC(CC(=O)O)C(=O)O. The lowest BCUT2D eigenvalue weighted by Crippen LogP contribution is -2.57. The monoisotopic (exact) mass is 537 g/mol. The van der Waals surface area contributed by atoms with Crippen LogP contribution in [-0.2, 0) is 40.0 Å². The number of benzene rings is 1. The molecule has 4 amide bonds. The van der Waals surface area contributed by atoms with Crippen molar-refractivity contribution in [3.8, 4) is 0 Å². The molecule has 1 aromatic rings. The predicted molar refractivity (Wildman–Crippen MR) is 129 cm³/mol. The van der Waals surface area contributed by atoms with Crippen molar-refractivity contribution in [2.24, 2.45) is 11.5 Å². The van der Waals surface area contributed by atoms with E-state index in [9.17, 15) is 38.7 Å². The van der Waals surface area contributed by atoms with E-state index in [1.807, 2.05) is 0 Å². The molecule has 0 aliphatic heterocycles. The topological polar surface area (TPSA) is 268 Å².